The average Bonchev–Trinajstić information content (AvgIpc) is 2.80. The molecule has 0 bridgehead atoms. The van der Waals surface area contributed by atoms with Crippen LogP contribution in [-0.2, 0) is 4.79 Å². The molecule has 5 nitrogen and oxygen atoms in total. The molecule has 0 aromatic rings. The van der Waals surface area contributed by atoms with Crippen molar-refractivity contribution in [3.05, 3.63) is 11.6 Å². The lowest BCUT2D eigenvalue weighted by molar-refractivity contribution is -0.230. The zero-order valence-corrected chi connectivity index (χ0v) is 22.6. The Morgan fingerprint density at radius 1 is 0.914 bits per heavy atom. The normalized spacial score (nSPS) is 50.1. The molecule has 0 aromatic carbocycles. The second kappa shape index (κ2) is 7.80. The third-order valence-electron chi connectivity index (χ3n) is 13.2. The molecule has 4 saturated carbocycles. The number of allylic oxidation sites excluding steroid dienone is 2. The standard InChI is InChI=1S/C30H48O5/c1-25(2)12-14-29(24(34)35)15-13-27(4)19(20(29)16-25)6-7-21-26(3)10-9-23(33)30(17-31,18-32)22(26)8-11-28(21,27)5/h6,20-23,31-33H,7-18H2,1-5H3,(H,34,35)/t20?,21?,22?,23-,26+,27+,28+,29-/m0/s1. The van der Waals surface area contributed by atoms with Gasteiger partial charge in [-0.2, -0.15) is 0 Å². The van der Waals surface area contributed by atoms with E-state index in [1.807, 2.05) is 0 Å². The minimum absolute atomic E-state index is 0.0352. The number of hydrogen-bond donors (Lipinski definition) is 4. The monoisotopic (exact) mass is 488 g/mol. The van der Waals surface area contributed by atoms with Gasteiger partial charge in [0, 0.05) is 5.41 Å². The lowest BCUT2D eigenvalue weighted by Crippen LogP contribution is -2.67. The summed E-state index contributed by atoms with van der Waals surface area (Å²) in [6, 6.07) is 0. The first-order valence-corrected chi connectivity index (χ1v) is 14.1. The molecule has 5 heteroatoms. The van der Waals surface area contributed by atoms with Crippen molar-refractivity contribution in [1.29, 1.82) is 0 Å². The van der Waals surface area contributed by atoms with E-state index in [4.69, 9.17) is 0 Å². The van der Waals surface area contributed by atoms with Crippen LogP contribution in [0.2, 0.25) is 0 Å². The van der Waals surface area contributed by atoms with E-state index in [2.05, 4.69) is 40.7 Å². The number of carboxylic acid groups (broad SMARTS) is 1. The van der Waals surface area contributed by atoms with Crippen LogP contribution >= 0.6 is 0 Å². The van der Waals surface area contributed by atoms with Crippen LogP contribution in [0.3, 0.4) is 0 Å². The van der Waals surface area contributed by atoms with E-state index in [1.165, 1.54) is 5.57 Å². The van der Waals surface area contributed by atoms with Crippen LogP contribution in [-0.4, -0.2) is 45.7 Å². The SMILES string of the molecule is CC1(C)CC[C@]2(C(=O)O)CC[C@]3(C)C(=CCC4[C@@]5(C)CC[C@H](O)C(CO)(CO)C5CC[C@]43C)C2C1. The number of fused-ring (bicyclic) bond motifs is 7. The molecule has 3 unspecified atom stereocenters. The fraction of sp³-hybridized carbons (Fsp3) is 0.900. The summed E-state index contributed by atoms with van der Waals surface area (Å²) in [5.74, 6) is -0.0177. The Morgan fingerprint density at radius 2 is 1.57 bits per heavy atom. The van der Waals surface area contributed by atoms with Gasteiger partial charge >= 0.3 is 5.97 Å². The van der Waals surface area contributed by atoms with Crippen LogP contribution in [0.4, 0.5) is 0 Å². The van der Waals surface area contributed by atoms with Gasteiger partial charge in [0.2, 0.25) is 0 Å². The highest BCUT2D eigenvalue weighted by molar-refractivity contribution is 5.76. The molecule has 35 heavy (non-hydrogen) atoms. The topological polar surface area (TPSA) is 98.0 Å². The number of aliphatic carboxylic acids is 1. The predicted octanol–water partition coefficient (Wildman–Crippen LogP) is 5.18. The van der Waals surface area contributed by atoms with E-state index in [0.29, 0.717) is 12.3 Å². The van der Waals surface area contributed by atoms with Crippen molar-refractivity contribution in [1.82, 2.24) is 0 Å². The molecule has 0 aromatic heterocycles. The van der Waals surface area contributed by atoms with Crippen molar-refractivity contribution in [2.24, 2.45) is 50.2 Å². The molecule has 0 spiro atoms. The molecule has 0 aliphatic heterocycles. The Kier molecular flexibility index (Phi) is 5.73. The van der Waals surface area contributed by atoms with Crippen molar-refractivity contribution in [2.45, 2.75) is 105 Å². The summed E-state index contributed by atoms with van der Waals surface area (Å²) in [6.45, 7) is 11.5. The molecular formula is C30H48O5. The summed E-state index contributed by atoms with van der Waals surface area (Å²) in [6.07, 6.45) is 10.5. The van der Waals surface area contributed by atoms with E-state index in [1.54, 1.807) is 0 Å². The Bertz CT molecular complexity index is 920. The quantitative estimate of drug-likeness (QED) is 0.411. The molecule has 0 saturated heterocycles. The Hall–Kier alpha value is -0.910. The number of rotatable bonds is 3. The molecule has 0 heterocycles. The minimum atomic E-state index is -0.836. The van der Waals surface area contributed by atoms with E-state index in [-0.39, 0.29) is 46.7 Å². The zero-order chi connectivity index (χ0) is 25.7. The molecule has 5 aliphatic rings. The van der Waals surface area contributed by atoms with Gasteiger partial charge in [0.1, 0.15) is 0 Å². The lowest BCUT2D eigenvalue weighted by Gasteiger charge is -2.71. The summed E-state index contributed by atoms with van der Waals surface area (Å²) in [4.78, 5) is 12.8. The third-order valence-corrected chi connectivity index (χ3v) is 13.2. The fourth-order valence-corrected chi connectivity index (χ4v) is 10.7. The second-order valence-corrected chi connectivity index (χ2v) is 14.8. The molecule has 4 fully saturated rings. The molecule has 0 radical (unpaired) electrons. The van der Waals surface area contributed by atoms with Gasteiger partial charge in [0.15, 0.2) is 0 Å². The van der Waals surface area contributed by atoms with Crippen molar-refractivity contribution in [2.75, 3.05) is 13.2 Å². The smallest absolute Gasteiger partial charge is 0.310 e. The number of carboxylic acids is 1. The Labute approximate surface area is 211 Å². The highest BCUT2D eigenvalue weighted by Crippen LogP contribution is 2.75. The van der Waals surface area contributed by atoms with E-state index >= 15 is 0 Å². The second-order valence-electron chi connectivity index (χ2n) is 14.8. The van der Waals surface area contributed by atoms with Gasteiger partial charge in [0.05, 0.1) is 24.7 Å². The third kappa shape index (κ3) is 3.07. The van der Waals surface area contributed by atoms with Crippen LogP contribution < -0.4 is 0 Å². The van der Waals surface area contributed by atoms with Gasteiger partial charge in [-0.25, -0.2) is 0 Å². The zero-order valence-electron chi connectivity index (χ0n) is 22.6. The maximum Gasteiger partial charge on any atom is 0.310 e. The fourth-order valence-electron chi connectivity index (χ4n) is 10.7. The van der Waals surface area contributed by atoms with Gasteiger partial charge in [-0.3, -0.25) is 4.79 Å². The number of aliphatic hydroxyl groups excluding tert-OH is 3. The molecule has 198 valence electrons. The first kappa shape index (κ1) is 25.7. The summed E-state index contributed by atoms with van der Waals surface area (Å²) in [7, 11) is 0. The molecular weight excluding hydrogens is 440 g/mol. The van der Waals surface area contributed by atoms with Crippen LogP contribution in [0.25, 0.3) is 0 Å². The molecule has 5 aliphatic carbocycles. The highest BCUT2D eigenvalue weighted by atomic mass is 16.4. The highest BCUT2D eigenvalue weighted by Gasteiger charge is 2.70. The maximum atomic E-state index is 12.8. The largest absolute Gasteiger partial charge is 0.481 e. The molecule has 4 N–H and O–H groups in total. The van der Waals surface area contributed by atoms with Crippen LogP contribution in [0.1, 0.15) is 98.8 Å². The van der Waals surface area contributed by atoms with E-state index < -0.39 is 22.9 Å². The summed E-state index contributed by atoms with van der Waals surface area (Å²) in [5, 5.41) is 42.3. The number of hydrogen-bond acceptors (Lipinski definition) is 4. The van der Waals surface area contributed by atoms with Crippen molar-refractivity contribution in [3.63, 3.8) is 0 Å². The van der Waals surface area contributed by atoms with E-state index in [0.717, 1.165) is 57.8 Å². The maximum absolute atomic E-state index is 12.8. The Morgan fingerprint density at radius 3 is 2.20 bits per heavy atom. The first-order chi connectivity index (χ1) is 16.3. The molecule has 5 rings (SSSR count). The van der Waals surface area contributed by atoms with Gasteiger partial charge in [0.25, 0.3) is 0 Å². The average molecular weight is 489 g/mol. The van der Waals surface area contributed by atoms with Gasteiger partial charge in [-0.1, -0.05) is 46.3 Å². The van der Waals surface area contributed by atoms with Crippen molar-refractivity contribution in [3.8, 4) is 0 Å². The number of carbonyl (C=O) groups is 1. The van der Waals surface area contributed by atoms with Crippen molar-refractivity contribution >= 4 is 5.97 Å². The van der Waals surface area contributed by atoms with Gasteiger partial charge in [-0.15, -0.1) is 0 Å². The van der Waals surface area contributed by atoms with Crippen LogP contribution in [0.15, 0.2) is 11.6 Å². The summed E-state index contributed by atoms with van der Waals surface area (Å²) in [5.41, 5.74) is 0.0411. The van der Waals surface area contributed by atoms with Gasteiger partial charge < -0.3 is 20.4 Å². The minimum Gasteiger partial charge on any atom is -0.481 e. The number of aliphatic hydroxyl groups is 3. The molecule has 8 atom stereocenters. The lowest BCUT2D eigenvalue weighted by atomic mass is 9.33. The van der Waals surface area contributed by atoms with Gasteiger partial charge in [-0.05, 0) is 104 Å². The molecule has 0 amide bonds. The predicted molar refractivity (Wildman–Crippen MR) is 136 cm³/mol. The summed E-state index contributed by atoms with van der Waals surface area (Å²) < 4.78 is 0. The van der Waals surface area contributed by atoms with Crippen LogP contribution in [0.5, 0.6) is 0 Å². The Balaban J connectivity index is 1.60. The van der Waals surface area contributed by atoms with Crippen molar-refractivity contribution < 1.29 is 25.2 Å². The first-order valence-electron chi connectivity index (χ1n) is 14.1. The van der Waals surface area contributed by atoms with Crippen LogP contribution in [0, 0.1) is 50.2 Å². The van der Waals surface area contributed by atoms with E-state index in [9.17, 15) is 25.2 Å². The summed E-state index contributed by atoms with van der Waals surface area (Å²) >= 11 is 0.